The molecule has 3 rings (SSSR count). The maximum atomic E-state index is 11.5. The number of hydrogen-bond acceptors (Lipinski definition) is 4. The van der Waals surface area contributed by atoms with Crippen molar-refractivity contribution in [2.45, 2.75) is 13.1 Å². The monoisotopic (exact) mass is 271 g/mol. The first-order chi connectivity index (χ1) is 9.78. The van der Waals surface area contributed by atoms with Crippen molar-refractivity contribution in [3.05, 3.63) is 29.5 Å². The Morgan fingerprint density at radius 1 is 1.30 bits per heavy atom. The number of carbonyl (C=O) groups is 1. The van der Waals surface area contributed by atoms with Gasteiger partial charge in [-0.25, -0.2) is 0 Å². The highest BCUT2D eigenvalue weighted by molar-refractivity contribution is 6.23. The van der Waals surface area contributed by atoms with Gasteiger partial charge in [0.1, 0.15) is 5.75 Å². The molecule has 1 radical (unpaired) electrons. The van der Waals surface area contributed by atoms with Crippen LogP contribution in [0.3, 0.4) is 0 Å². The van der Waals surface area contributed by atoms with Gasteiger partial charge in [-0.2, -0.15) is 0 Å². The third-order valence-corrected chi connectivity index (χ3v) is 3.76. The minimum absolute atomic E-state index is 0.679. The van der Waals surface area contributed by atoms with Crippen LogP contribution in [0.25, 0.3) is 10.9 Å². The van der Waals surface area contributed by atoms with Gasteiger partial charge < -0.3 is 18.8 Å². The zero-order valence-electron chi connectivity index (χ0n) is 11.6. The molecule has 6 heteroatoms. The zero-order chi connectivity index (χ0) is 14.1. The van der Waals surface area contributed by atoms with Gasteiger partial charge in [-0.05, 0) is 18.2 Å². The highest BCUT2D eigenvalue weighted by Gasteiger charge is 2.24. The Hall–Kier alpha value is -1.79. The van der Waals surface area contributed by atoms with Gasteiger partial charge in [0.15, 0.2) is 6.29 Å². The van der Waals surface area contributed by atoms with Gasteiger partial charge in [0.05, 0.1) is 7.11 Å². The van der Waals surface area contributed by atoms with Gasteiger partial charge in [-0.3, -0.25) is 4.79 Å². The molecule has 2 aromatic rings. The second-order valence-electron chi connectivity index (χ2n) is 4.82. The van der Waals surface area contributed by atoms with Gasteiger partial charge in [0.2, 0.25) is 0 Å². The Balaban J connectivity index is 2.13. The normalized spacial score (nSPS) is 15.1. The Kier molecular flexibility index (Phi) is 3.50. The molecular weight excluding hydrogens is 255 g/mol. The quantitative estimate of drug-likeness (QED) is 0.623. The predicted molar refractivity (Wildman–Crippen MR) is 77.1 cm³/mol. The van der Waals surface area contributed by atoms with E-state index in [9.17, 15) is 4.79 Å². The van der Waals surface area contributed by atoms with Crippen LogP contribution in [0.4, 0.5) is 0 Å². The molecule has 1 aromatic carbocycles. The van der Waals surface area contributed by atoms with E-state index in [1.54, 1.807) is 21.8 Å². The first-order valence-electron chi connectivity index (χ1n) is 6.53. The lowest BCUT2D eigenvalue weighted by Crippen LogP contribution is -2.37. The van der Waals surface area contributed by atoms with Crippen LogP contribution in [-0.2, 0) is 17.7 Å². The second-order valence-corrected chi connectivity index (χ2v) is 4.82. The largest absolute Gasteiger partial charge is 0.497 e. The summed E-state index contributed by atoms with van der Waals surface area (Å²) >= 11 is 0. The van der Waals surface area contributed by atoms with E-state index in [1.165, 1.54) is 0 Å². The number of aromatic nitrogens is 1. The van der Waals surface area contributed by atoms with Crippen LogP contribution in [0.2, 0.25) is 0 Å². The van der Waals surface area contributed by atoms with E-state index < -0.39 is 0 Å². The average molecular weight is 271 g/mol. The molecule has 5 nitrogen and oxygen atoms in total. The lowest BCUT2D eigenvalue weighted by Gasteiger charge is -2.27. The summed E-state index contributed by atoms with van der Waals surface area (Å²) in [5.41, 5.74) is 2.86. The summed E-state index contributed by atoms with van der Waals surface area (Å²) in [5, 5.41) is 0.952. The summed E-state index contributed by atoms with van der Waals surface area (Å²) in [5.74, 6) is 0.767. The highest BCUT2D eigenvalue weighted by atomic mass is 16.5. The van der Waals surface area contributed by atoms with E-state index >= 15 is 0 Å². The summed E-state index contributed by atoms with van der Waals surface area (Å²) in [6, 6.07) is 5.87. The summed E-state index contributed by atoms with van der Waals surface area (Å²) in [6.45, 7) is 2.39. The maximum absolute atomic E-state index is 11.5. The van der Waals surface area contributed by atoms with Gasteiger partial charge in [0, 0.05) is 48.9 Å². The van der Waals surface area contributed by atoms with Crippen molar-refractivity contribution in [1.29, 1.82) is 0 Å². The van der Waals surface area contributed by atoms with Crippen LogP contribution in [-0.4, -0.2) is 44.0 Å². The molecule has 0 aliphatic carbocycles. The molecule has 0 unspecified atom stereocenters. The van der Waals surface area contributed by atoms with Crippen molar-refractivity contribution < 1.29 is 14.2 Å². The lowest BCUT2D eigenvalue weighted by molar-refractivity contribution is 0.112. The first kappa shape index (κ1) is 13.2. The standard InChI is InChI=1S/C14H16BN2O3/c1-19-10-3-4-13-11(7-10)12(9-18)14-8-16(15-20-2)5-6-17(13)14/h3-4,7,9H,5-6,8H2,1-2H3. The van der Waals surface area contributed by atoms with Gasteiger partial charge in [-0.1, -0.05) is 0 Å². The van der Waals surface area contributed by atoms with Crippen LogP contribution in [0, 0.1) is 0 Å². The number of ether oxygens (including phenoxy) is 1. The smallest absolute Gasteiger partial charge is 0.398 e. The Bertz CT molecular complexity index is 653. The molecule has 1 aliphatic rings. The van der Waals surface area contributed by atoms with E-state index in [2.05, 4.69) is 9.38 Å². The molecule has 0 atom stereocenters. The number of fused-ring (bicyclic) bond motifs is 3. The van der Waals surface area contributed by atoms with Crippen LogP contribution < -0.4 is 4.74 Å². The Morgan fingerprint density at radius 2 is 2.15 bits per heavy atom. The number of rotatable bonds is 4. The summed E-state index contributed by atoms with van der Waals surface area (Å²) in [4.78, 5) is 13.6. The number of carbonyl (C=O) groups excluding carboxylic acids is 1. The summed E-state index contributed by atoms with van der Waals surface area (Å²) in [7, 11) is 4.97. The molecule has 0 spiro atoms. The molecule has 0 amide bonds. The zero-order valence-corrected chi connectivity index (χ0v) is 11.6. The minimum atomic E-state index is 0.679. The molecule has 0 N–H and O–H groups in total. The fourth-order valence-corrected chi connectivity index (χ4v) is 2.84. The van der Waals surface area contributed by atoms with Crippen molar-refractivity contribution in [2.75, 3.05) is 20.8 Å². The van der Waals surface area contributed by atoms with Gasteiger partial charge >= 0.3 is 7.62 Å². The molecule has 0 saturated carbocycles. The number of benzene rings is 1. The Labute approximate surface area is 118 Å². The van der Waals surface area contributed by atoms with Crippen molar-refractivity contribution in [3.63, 3.8) is 0 Å². The van der Waals surface area contributed by atoms with Crippen molar-refractivity contribution in [1.82, 2.24) is 9.38 Å². The number of methoxy groups -OCH3 is 1. The summed E-state index contributed by atoms with van der Waals surface area (Å²) < 4.78 is 12.5. The highest BCUT2D eigenvalue weighted by Crippen LogP contribution is 2.31. The Morgan fingerprint density at radius 3 is 2.85 bits per heavy atom. The second kappa shape index (κ2) is 5.30. The van der Waals surface area contributed by atoms with Gasteiger partial charge in [0.25, 0.3) is 0 Å². The molecule has 1 aromatic heterocycles. The first-order valence-corrected chi connectivity index (χ1v) is 6.53. The van der Waals surface area contributed by atoms with Crippen molar-refractivity contribution in [2.24, 2.45) is 0 Å². The maximum Gasteiger partial charge on any atom is 0.398 e. The molecule has 1 aliphatic heterocycles. The molecule has 0 fully saturated rings. The van der Waals surface area contributed by atoms with E-state index in [0.29, 0.717) is 6.54 Å². The third-order valence-electron chi connectivity index (χ3n) is 3.76. The number of hydrogen-bond donors (Lipinski definition) is 0. The summed E-state index contributed by atoms with van der Waals surface area (Å²) in [6.07, 6.45) is 0.934. The number of nitrogens with zero attached hydrogens (tertiary/aromatic N) is 2. The van der Waals surface area contributed by atoms with Crippen LogP contribution in [0.1, 0.15) is 16.1 Å². The molecule has 2 heterocycles. The third kappa shape index (κ3) is 2.01. The van der Waals surface area contributed by atoms with E-state index in [4.69, 9.17) is 9.39 Å². The van der Waals surface area contributed by atoms with Crippen LogP contribution in [0.5, 0.6) is 5.75 Å². The van der Waals surface area contributed by atoms with Crippen LogP contribution >= 0.6 is 0 Å². The molecule has 0 saturated heterocycles. The van der Waals surface area contributed by atoms with Crippen LogP contribution in [0.15, 0.2) is 18.2 Å². The van der Waals surface area contributed by atoms with Crippen molar-refractivity contribution in [3.8, 4) is 5.75 Å². The average Bonchev–Trinajstić information content (AvgIpc) is 2.79. The molecular formula is C14H16BN2O3. The lowest BCUT2D eigenvalue weighted by atomic mass is 10.1. The van der Waals surface area contributed by atoms with Crippen molar-refractivity contribution >= 4 is 24.8 Å². The fourth-order valence-electron chi connectivity index (χ4n) is 2.84. The van der Waals surface area contributed by atoms with E-state index in [1.807, 2.05) is 18.2 Å². The van der Waals surface area contributed by atoms with E-state index in [-0.39, 0.29) is 0 Å². The minimum Gasteiger partial charge on any atom is -0.497 e. The predicted octanol–water partition coefficient (Wildman–Crippen LogP) is 1.46. The molecule has 0 bridgehead atoms. The topological polar surface area (TPSA) is 43.7 Å². The molecule has 20 heavy (non-hydrogen) atoms. The number of aldehydes is 1. The SMILES string of the molecule is CO[B]N1CCn2c(c(C=O)c3cc(OC)ccc32)C1. The molecule has 103 valence electrons. The van der Waals surface area contributed by atoms with Gasteiger partial charge in [-0.15, -0.1) is 0 Å². The van der Waals surface area contributed by atoms with E-state index in [0.717, 1.165) is 47.3 Å². The fraction of sp³-hybridized carbons (Fsp3) is 0.357.